The van der Waals surface area contributed by atoms with Crippen LogP contribution in [0.3, 0.4) is 0 Å². The van der Waals surface area contributed by atoms with Gasteiger partial charge in [0, 0.05) is 19.4 Å². The van der Waals surface area contributed by atoms with Gasteiger partial charge in [-0.3, -0.25) is 9.59 Å². The Hall–Kier alpha value is -1.88. The molecule has 0 aromatic rings. The van der Waals surface area contributed by atoms with Crippen molar-refractivity contribution >= 4 is 11.9 Å². The first-order valence-electron chi connectivity index (χ1n) is 25.5. The van der Waals surface area contributed by atoms with Gasteiger partial charge in [-0.25, -0.2) is 0 Å². The Bertz CT molecular complexity index is 924. The normalized spacial score (nSPS) is 12.4. The SMILES string of the molecule is CCCCC/C=C\C/C=C\CCCCCCCC(=O)OCC(COCCCCCCCCCCCCCCCC)OC(=O)CCCCCCC/C=C\CCCCCC. The van der Waals surface area contributed by atoms with Gasteiger partial charge >= 0.3 is 11.9 Å². The topological polar surface area (TPSA) is 61.8 Å². The van der Waals surface area contributed by atoms with E-state index in [-0.39, 0.29) is 25.2 Å². The lowest BCUT2D eigenvalue weighted by Gasteiger charge is -2.18. The maximum absolute atomic E-state index is 12.8. The molecule has 0 radical (unpaired) electrons. The Morgan fingerprint density at radius 2 is 0.724 bits per heavy atom. The number of rotatable bonds is 47. The van der Waals surface area contributed by atoms with Crippen LogP contribution in [-0.2, 0) is 23.8 Å². The summed E-state index contributed by atoms with van der Waals surface area (Å²) in [7, 11) is 0. The molecule has 0 aliphatic carbocycles. The first-order chi connectivity index (χ1) is 28.6. The average molecular weight is 815 g/mol. The number of carbonyl (C=O) groups is 2. The van der Waals surface area contributed by atoms with Crippen molar-refractivity contribution in [2.45, 2.75) is 271 Å². The van der Waals surface area contributed by atoms with Gasteiger partial charge in [-0.05, 0) is 77.0 Å². The minimum absolute atomic E-state index is 0.0791. The molecule has 0 aliphatic heterocycles. The highest BCUT2D eigenvalue weighted by molar-refractivity contribution is 5.70. The minimum Gasteiger partial charge on any atom is -0.462 e. The van der Waals surface area contributed by atoms with Gasteiger partial charge in [-0.2, -0.15) is 0 Å². The van der Waals surface area contributed by atoms with E-state index in [2.05, 4.69) is 57.2 Å². The molecule has 0 fully saturated rings. The van der Waals surface area contributed by atoms with E-state index in [1.807, 2.05) is 0 Å². The Morgan fingerprint density at radius 1 is 0.379 bits per heavy atom. The van der Waals surface area contributed by atoms with Crippen LogP contribution in [0, 0.1) is 0 Å². The zero-order chi connectivity index (χ0) is 42.1. The summed E-state index contributed by atoms with van der Waals surface area (Å²) in [5, 5.41) is 0. The van der Waals surface area contributed by atoms with E-state index >= 15 is 0 Å². The number of ether oxygens (including phenoxy) is 3. The van der Waals surface area contributed by atoms with Crippen LogP contribution in [-0.4, -0.2) is 37.9 Å². The molecule has 5 heteroatoms. The predicted molar refractivity (Wildman–Crippen MR) is 252 cm³/mol. The molecule has 0 N–H and O–H groups in total. The molecule has 58 heavy (non-hydrogen) atoms. The number of hydrogen-bond acceptors (Lipinski definition) is 5. The summed E-state index contributed by atoms with van der Waals surface area (Å²) in [4.78, 5) is 25.3. The van der Waals surface area contributed by atoms with Crippen LogP contribution in [0.25, 0.3) is 0 Å². The maximum atomic E-state index is 12.8. The van der Waals surface area contributed by atoms with Crippen LogP contribution in [0.4, 0.5) is 0 Å². The lowest BCUT2D eigenvalue weighted by molar-refractivity contribution is -0.163. The third-order valence-electron chi connectivity index (χ3n) is 11.1. The van der Waals surface area contributed by atoms with Crippen LogP contribution in [0.5, 0.6) is 0 Å². The van der Waals surface area contributed by atoms with Crippen LogP contribution < -0.4 is 0 Å². The molecule has 340 valence electrons. The lowest BCUT2D eigenvalue weighted by Crippen LogP contribution is -2.30. The van der Waals surface area contributed by atoms with Crippen molar-refractivity contribution in [3.8, 4) is 0 Å². The van der Waals surface area contributed by atoms with E-state index in [0.29, 0.717) is 19.4 Å². The van der Waals surface area contributed by atoms with Gasteiger partial charge in [0.05, 0.1) is 6.61 Å². The summed E-state index contributed by atoms with van der Waals surface area (Å²) in [6, 6.07) is 0. The van der Waals surface area contributed by atoms with Crippen molar-refractivity contribution in [3.05, 3.63) is 36.5 Å². The summed E-state index contributed by atoms with van der Waals surface area (Å²) in [5.41, 5.74) is 0. The van der Waals surface area contributed by atoms with Gasteiger partial charge in [0.15, 0.2) is 6.10 Å². The molecule has 1 atom stereocenters. The molecule has 0 spiro atoms. The summed E-state index contributed by atoms with van der Waals surface area (Å²) in [6.45, 7) is 7.80. The quantitative estimate of drug-likeness (QED) is 0.0348. The van der Waals surface area contributed by atoms with E-state index in [1.54, 1.807) is 0 Å². The second kappa shape index (κ2) is 49.5. The molecular formula is C53H98O5. The van der Waals surface area contributed by atoms with Crippen LogP contribution >= 0.6 is 0 Å². The van der Waals surface area contributed by atoms with Gasteiger partial charge in [0.25, 0.3) is 0 Å². The van der Waals surface area contributed by atoms with Crippen LogP contribution in [0.2, 0.25) is 0 Å². The molecule has 0 rings (SSSR count). The van der Waals surface area contributed by atoms with Crippen LogP contribution in [0.15, 0.2) is 36.5 Å². The van der Waals surface area contributed by atoms with E-state index < -0.39 is 6.10 Å². The zero-order valence-electron chi connectivity index (χ0n) is 39.1. The zero-order valence-corrected chi connectivity index (χ0v) is 39.1. The van der Waals surface area contributed by atoms with Crippen molar-refractivity contribution < 1.29 is 23.8 Å². The van der Waals surface area contributed by atoms with E-state index in [0.717, 1.165) is 64.2 Å². The van der Waals surface area contributed by atoms with Crippen molar-refractivity contribution in [2.24, 2.45) is 0 Å². The second-order valence-corrected chi connectivity index (χ2v) is 17.1. The Morgan fingerprint density at radius 3 is 1.21 bits per heavy atom. The molecule has 0 aromatic carbocycles. The summed E-state index contributed by atoms with van der Waals surface area (Å²) >= 11 is 0. The van der Waals surface area contributed by atoms with Gasteiger partial charge in [0.2, 0.25) is 0 Å². The monoisotopic (exact) mass is 815 g/mol. The number of esters is 2. The molecule has 1 unspecified atom stereocenters. The number of hydrogen-bond donors (Lipinski definition) is 0. The first kappa shape index (κ1) is 56.1. The highest BCUT2D eigenvalue weighted by Crippen LogP contribution is 2.15. The average Bonchev–Trinajstić information content (AvgIpc) is 3.22. The highest BCUT2D eigenvalue weighted by Gasteiger charge is 2.17. The molecule has 0 heterocycles. The molecule has 0 bridgehead atoms. The van der Waals surface area contributed by atoms with E-state index in [1.165, 1.54) is 167 Å². The smallest absolute Gasteiger partial charge is 0.306 e. The van der Waals surface area contributed by atoms with E-state index in [9.17, 15) is 9.59 Å². The fraction of sp³-hybridized carbons (Fsp3) is 0.849. The largest absolute Gasteiger partial charge is 0.462 e. The maximum Gasteiger partial charge on any atom is 0.306 e. The van der Waals surface area contributed by atoms with Crippen molar-refractivity contribution in [1.29, 1.82) is 0 Å². The standard InChI is InChI=1S/C53H98O5/c1-4-7-10-13-16-19-22-25-27-29-31-34-37-40-43-46-52(54)57-50-51(49-56-48-45-42-39-36-33-30-26-23-20-17-14-11-8-5-2)58-53(55)47-44-41-38-35-32-28-24-21-18-15-12-9-6-3/h16,19,21,24-25,27,51H,4-15,17-18,20,22-23,26,28-50H2,1-3H3/b19-16-,24-21-,27-25-. The van der Waals surface area contributed by atoms with Crippen molar-refractivity contribution in [3.63, 3.8) is 0 Å². The van der Waals surface area contributed by atoms with E-state index in [4.69, 9.17) is 14.2 Å². The Labute approximate surface area is 361 Å². The molecule has 0 saturated carbocycles. The first-order valence-corrected chi connectivity index (χ1v) is 25.5. The molecule has 5 nitrogen and oxygen atoms in total. The summed E-state index contributed by atoms with van der Waals surface area (Å²) in [6.07, 6.45) is 58.6. The third-order valence-corrected chi connectivity index (χ3v) is 11.1. The molecule has 0 aromatic heterocycles. The van der Waals surface area contributed by atoms with Gasteiger partial charge in [-0.1, -0.05) is 211 Å². The third kappa shape index (κ3) is 46.8. The molecular weight excluding hydrogens is 717 g/mol. The fourth-order valence-electron chi connectivity index (χ4n) is 7.30. The number of carbonyl (C=O) groups excluding carboxylic acids is 2. The van der Waals surface area contributed by atoms with Crippen molar-refractivity contribution in [1.82, 2.24) is 0 Å². The summed E-state index contributed by atoms with van der Waals surface area (Å²) in [5.74, 6) is -0.411. The predicted octanol–water partition coefficient (Wildman–Crippen LogP) is 17.0. The van der Waals surface area contributed by atoms with Gasteiger partial charge in [-0.15, -0.1) is 0 Å². The molecule has 0 saturated heterocycles. The number of allylic oxidation sites excluding steroid dienone is 6. The molecule has 0 amide bonds. The van der Waals surface area contributed by atoms with Gasteiger partial charge in [0.1, 0.15) is 6.61 Å². The highest BCUT2D eigenvalue weighted by atomic mass is 16.6. The minimum atomic E-state index is -0.540. The Kier molecular flexibility index (Phi) is 47.9. The van der Waals surface area contributed by atoms with Crippen LogP contribution in [0.1, 0.15) is 265 Å². The van der Waals surface area contributed by atoms with Crippen molar-refractivity contribution in [2.75, 3.05) is 19.8 Å². The second-order valence-electron chi connectivity index (χ2n) is 17.1. The Balaban J connectivity index is 4.27. The molecule has 0 aliphatic rings. The lowest BCUT2D eigenvalue weighted by atomic mass is 10.0. The van der Waals surface area contributed by atoms with Gasteiger partial charge < -0.3 is 14.2 Å². The fourth-order valence-corrected chi connectivity index (χ4v) is 7.30. The number of unbranched alkanes of at least 4 members (excludes halogenated alkanes) is 30. The summed E-state index contributed by atoms with van der Waals surface area (Å²) < 4.78 is 17.4.